The fourth-order valence-electron chi connectivity index (χ4n) is 4.36. The van der Waals surface area contributed by atoms with Crippen LogP contribution in [0.25, 0.3) is 10.9 Å². The standard InChI is InChI=1S/C22H20N2O3/c1-23-19(22(26)27)12-15-7-10-21-18(11-15)17-3-2-4-20(17)24(21)16-8-5-14(13-25)6-9-16/h5-12,17,20,25H,2-4,13H2,(H,26,27)/b19-12-. The molecule has 0 radical (unpaired) electrons. The third-order valence-corrected chi connectivity index (χ3v) is 5.56. The summed E-state index contributed by atoms with van der Waals surface area (Å²) in [5.41, 5.74) is 4.86. The van der Waals surface area contributed by atoms with Crippen LogP contribution in [0, 0.1) is 6.57 Å². The zero-order valence-electron chi connectivity index (χ0n) is 14.8. The maximum absolute atomic E-state index is 11.1. The Kier molecular flexibility index (Phi) is 4.43. The second-order valence-electron chi connectivity index (χ2n) is 7.06. The van der Waals surface area contributed by atoms with Crippen molar-refractivity contribution in [2.45, 2.75) is 37.8 Å². The molecule has 0 bridgehead atoms. The van der Waals surface area contributed by atoms with Crippen LogP contribution in [0.5, 0.6) is 0 Å². The quantitative estimate of drug-likeness (QED) is 0.630. The molecule has 27 heavy (non-hydrogen) atoms. The zero-order chi connectivity index (χ0) is 19.0. The van der Waals surface area contributed by atoms with Gasteiger partial charge in [0, 0.05) is 23.3 Å². The Labute approximate surface area is 158 Å². The predicted molar refractivity (Wildman–Crippen MR) is 104 cm³/mol. The highest BCUT2D eigenvalue weighted by Gasteiger charge is 2.42. The summed E-state index contributed by atoms with van der Waals surface area (Å²) in [6.45, 7) is 7.07. The van der Waals surface area contributed by atoms with Crippen LogP contribution in [0.2, 0.25) is 0 Å². The Balaban J connectivity index is 1.76. The van der Waals surface area contributed by atoms with Gasteiger partial charge in [0.05, 0.1) is 13.2 Å². The molecule has 5 heteroatoms. The SMILES string of the molecule is [C-]#[N+]/C(=C\c1ccc2c(c1)C1CCCC1N2c1ccc(CO)cc1)C(=O)O. The van der Waals surface area contributed by atoms with E-state index >= 15 is 0 Å². The highest BCUT2D eigenvalue weighted by Crippen LogP contribution is 2.52. The van der Waals surface area contributed by atoms with Gasteiger partial charge in [-0.1, -0.05) is 30.7 Å². The van der Waals surface area contributed by atoms with Crippen molar-refractivity contribution in [2.24, 2.45) is 0 Å². The number of benzene rings is 2. The van der Waals surface area contributed by atoms with E-state index in [0.717, 1.165) is 35.3 Å². The number of anilines is 2. The summed E-state index contributed by atoms with van der Waals surface area (Å²) in [6, 6.07) is 14.3. The number of aliphatic hydroxyl groups excluding tert-OH is 1. The van der Waals surface area contributed by atoms with Crippen LogP contribution >= 0.6 is 0 Å². The van der Waals surface area contributed by atoms with Gasteiger partial charge in [0.15, 0.2) is 0 Å². The summed E-state index contributed by atoms with van der Waals surface area (Å²) in [4.78, 5) is 16.6. The van der Waals surface area contributed by atoms with Gasteiger partial charge in [-0.3, -0.25) is 4.79 Å². The molecular weight excluding hydrogens is 340 g/mol. The second-order valence-corrected chi connectivity index (χ2v) is 7.06. The van der Waals surface area contributed by atoms with E-state index in [1.165, 1.54) is 18.1 Å². The largest absolute Gasteiger partial charge is 0.486 e. The molecule has 0 amide bonds. The molecule has 136 valence electrons. The molecule has 1 heterocycles. The zero-order valence-corrected chi connectivity index (χ0v) is 14.8. The average molecular weight is 360 g/mol. The first-order valence-corrected chi connectivity index (χ1v) is 9.08. The Morgan fingerprint density at radius 3 is 2.67 bits per heavy atom. The summed E-state index contributed by atoms with van der Waals surface area (Å²) >= 11 is 0. The fraction of sp³-hybridized carbons (Fsp3) is 0.273. The van der Waals surface area contributed by atoms with Crippen molar-refractivity contribution in [3.8, 4) is 0 Å². The molecule has 1 aliphatic heterocycles. The lowest BCUT2D eigenvalue weighted by molar-refractivity contribution is -0.132. The van der Waals surface area contributed by atoms with Crippen LogP contribution in [-0.4, -0.2) is 22.2 Å². The van der Waals surface area contributed by atoms with Crippen molar-refractivity contribution in [2.75, 3.05) is 4.90 Å². The van der Waals surface area contributed by atoms with Crippen molar-refractivity contribution >= 4 is 23.4 Å². The second kappa shape index (κ2) is 6.90. The van der Waals surface area contributed by atoms with Gasteiger partial charge in [-0.25, -0.2) is 4.85 Å². The predicted octanol–water partition coefficient (Wildman–Crippen LogP) is 4.31. The molecule has 2 atom stereocenters. The number of carboxylic acid groups (broad SMARTS) is 1. The molecule has 4 rings (SSSR count). The number of aliphatic carboxylic acids is 1. The summed E-state index contributed by atoms with van der Waals surface area (Å²) in [5, 5.41) is 18.4. The van der Waals surface area contributed by atoms with Gasteiger partial charge < -0.3 is 15.1 Å². The molecule has 2 aromatic rings. The van der Waals surface area contributed by atoms with Crippen molar-refractivity contribution in [1.29, 1.82) is 0 Å². The monoisotopic (exact) mass is 360 g/mol. The number of fused-ring (bicyclic) bond motifs is 3. The molecule has 1 saturated carbocycles. The van der Waals surface area contributed by atoms with E-state index in [-0.39, 0.29) is 12.3 Å². The first kappa shape index (κ1) is 17.3. The van der Waals surface area contributed by atoms with Gasteiger partial charge in [0.25, 0.3) is 5.70 Å². The van der Waals surface area contributed by atoms with E-state index in [4.69, 9.17) is 11.7 Å². The van der Waals surface area contributed by atoms with Crippen LogP contribution in [0.3, 0.4) is 0 Å². The topological polar surface area (TPSA) is 65.1 Å². The van der Waals surface area contributed by atoms with Crippen LogP contribution < -0.4 is 4.90 Å². The normalized spacial score (nSPS) is 20.9. The molecule has 1 fully saturated rings. The highest BCUT2D eigenvalue weighted by molar-refractivity contribution is 5.94. The van der Waals surface area contributed by atoms with Gasteiger partial charge in [-0.05, 0) is 53.8 Å². The third kappa shape index (κ3) is 2.98. The molecule has 1 aliphatic carbocycles. The lowest BCUT2D eigenvalue weighted by atomic mass is 9.96. The average Bonchev–Trinajstić information content (AvgIpc) is 3.26. The number of carboxylic acids is 1. The van der Waals surface area contributed by atoms with E-state index in [9.17, 15) is 9.90 Å². The molecule has 0 saturated heterocycles. The van der Waals surface area contributed by atoms with Crippen molar-refractivity contribution < 1.29 is 15.0 Å². The number of rotatable bonds is 4. The minimum absolute atomic E-state index is 0.0333. The van der Waals surface area contributed by atoms with Gasteiger partial charge in [-0.15, -0.1) is 0 Å². The van der Waals surface area contributed by atoms with E-state index in [2.05, 4.69) is 9.74 Å². The number of aliphatic hydroxyl groups is 1. The number of hydrogen-bond donors (Lipinski definition) is 2. The number of hydrogen-bond acceptors (Lipinski definition) is 3. The molecule has 2 aromatic carbocycles. The maximum atomic E-state index is 11.1. The van der Waals surface area contributed by atoms with Crippen molar-refractivity contribution in [3.05, 3.63) is 76.3 Å². The lowest BCUT2D eigenvalue weighted by Crippen LogP contribution is -2.26. The Morgan fingerprint density at radius 1 is 1.22 bits per heavy atom. The van der Waals surface area contributed by atoms with Crippen LogP contribution in [-0.2, 0) is 11.4 Å². The highest BCUT2D eigenvalue weighted by atomic mass is 16.4. The summed E-state index contributed by atoms with van der Waals surface area (Å²) in [7, 11) is 0. The summed E-state index contributed by atoms with van der Waals surface area (Å²) < 4.78 is 0. The van der Waals surface area contributed by atoms with Gasteiger partial charge in [-0.2, -0.15) is 0 Å². The molecule has 5 nitrogen and oxygen atoms in total. The van der Waals surface area contributed by atoms with Crippen molar-refractivity contribution in [1.82, 2.24) is 0 Å². The third-order valence-electron chi connectivity index (χ3n) is 5.56. The number of nitrogens with zero attached hydrogens (tertiary/aromatic N) is 2. The molecule has 2 aliphatic rings. The first-order valence-electron chi connectivity index (χ1n) is 9.08. The van der Waals surface area contributed by atoms with Gasteiger partial charge >= 0.3 is 5.97 Å². The molecule has 0 aromatic heterocycles. The van der Waals surface area contributed by atoms with Crippen LogP contribution in [0.1, 0.15) is 41.9 Å². The van der Waals surface area contributed by atoms with Crippen LogP contribution in [0.4, 0.5) is 11.4 Å². The Bertz CT molecular complexity index is 957. The summed E-state index contributed by atoms with van der Waals surface area (Å²) in [5.74, 6) is -0.776. The van der Waals surface area contributed by atoms with E-state index in [1.807, 2.05) is 42.5 Å². The van der Waals surface area contributed by atoms with Gasteiger partial charge in [0.2, 0.25) is 0 Å². The smallest absolute Gasteiger partial charge is 0.333 e. The van der Waals surface area contributed by atoms with E-state index in [0.29, 0.717) is 12.0 Å². The number of carbonyl (C=O) groups is 1. The molecule has 0 spiro atoms. The lowest BCUT2D eigenvalue weighted by Gasteiger charge is -2.27. The van der Waals surface area contributed by atoms with Gasteiger partial charge in [0.1, 0.15) is 0 Å². The Morgan fingerprint density at radius 2 is 2.00 bits per heavy atom. The molecule has 2 N–H and O–H groups in total. The molecular formula is C22H20N2O3. The Hall–Kier alpha value is -3.10. The summed E-state index contributed by atoms with van der Waals surface area (Å²) in [6.07, 6.45) is 4.85. The minimum Gasteiger partial charge on any atom is -0.486 e. The fourth-order valence-corrected chi connectivity index (χ4v) is 4.36. The van der Waals surface area contributed by atoms with Crippen molar-refractivity contribution in [3.63, 3.8) is 0 Å². The first-order chi connectivity index (χ1) is 13.1. The van der Waals surface area contributed by atoms with Crippen LogP contribution in [0.15, 0.2) is 48.2 Å². The minimum atomic E-state index is -1.20. The molecule has 2 unspecified atom stereocenters. The van der Waals surface area contributed by atoms with E-state index < -0.39 is 5.97 Å². The van der Waals surface area contributed by atoms with E-state index in [1.54, 1.807) is 0 Å². The maximum Gasteiger partial charge on any atom is 0.333 e.